The summed E-state index contributed by atoms with van der Waals surface area (Å²) in [5, 5.41) is 11.0. The van der Waals surface area contributed by atoms with Crippen LogP contribution < -0.4 is 21.3 Å². The van der Waals surface area contributed by atoms with Crippen LogP contribution in [0.4, 0.5) is 5.69 Å². The van der Waals surface area contributed by atoms with Crippen LogP contribution in [-0.2, 0) is 39.9 Å². The van der Waals surface area contributed by atoms with Gasteiger partial charge in [0.2, 0.25) is 24.1 Å². The van der Waals surface area contributed by atoms with E-state index in [2.05, 4.69) is 21.3 Å². The highest BCUT2D eigenvalue weighted by atomic mass is 16.5. The highest BCUT2D eigenvalue weighted by molar-refractivity contribution is 6.02. The first-order valence-corrected chi connectivity index (χ1v) is 14.5. The summed E-state index contributed by atoms with van der Waals surface area (Å²) in [4.78, 5) is 59.9. The van der Waals surface area contributed by atoms with Crippen molar-refractivity contribution in [1.82, 2.24) is 20.9 Å². The fraction of sp³-hybridized carbons (Fsp3) is 0.621. The summed E-state index contributed by atoms with van der Waals surface area (Å²) in [6.45, 7) is 8.62. The summed E-state index contributed by atoms with van der Waals surface area (Å²) in [5.41, 5.74) is 1.96. The van der Waals surface area contributed by atoms with Crippen molar-refractivity contribution in [2.75, 3.05) is 64.6 Å². The Kier molecular flexibility index (Phi) is 17.0. The van der Waals surface area contributed by atoms with Gasteiger partial charge in [0.1, 0.15) is 0 Å². The van der Waals surface area contributed by atoms with Crippen LogP contribution in [0, 0.1) is 0 Å². The largest absolute Gasteiger partial charge is 0.378 e. The molecule has 0 fully saturated rings. The van der Waals surface area contributed by atoms with Crippen molar-refractivity contribution in [1.29, 1.82) is 0 Å². The molecule has 4 N–H and O–H groups in total. The molecule has 1 heterocycles. The van der Waals surface area contributed by atoms with Gasteiger partial charge in [-0.1, -0.05) is 6.07 Å². The second-order valence-electron chi connectivity index (χ2n) is 9.91. The number of rotatable bonds is 23. The number of carbonyl (C=O) groups is 5. The van der Waals surface area contributed by atoms with Gasteiger partial charge >= 0.3 is 0 Å². The second-order valence-corrected chi connectivity index (χ2v) is 9.91. The first-order valence-electron chi connectivity index (χ1n) is 14.5. The minimum Gasteiger partial charge on any atom is -0.378 e. The molecule has 42 heavy (non-hydrogen) atoms. The number of benzene rings is 1. The van der Waals surface area contributed by atoms with Crippen LogP contribution in [-0.4, -0.2) is 100 Å². The van der Waals surface area contributed by atoms with E-state index in [0.717, 1.165) is 24.9 Å². The Balaban J connectivity index is 1.52. The lowest BCUT2D eigenvalue weighted by atomic mass is 10.1. The SMILES string of the molecule is CC(=O)NCCOCCOCCOCCNCCCCC(=O)Nc1cccc2c1CN(C(C)CCC(=O)NC=O)C2=O. The smallest absolute Gasteiger partial charge is 0.254 e. The van der Waals surface area contributed by atoms with E-state index in [1.807, 2.05) is 6.92 Å². The molecule has 0 aliphatic carbocycles. The number of fused-ring (bicyclic) bond motifs is 1. The molecule has 0 aromatic heterocycles. The van der Waals surface area contributed by atoms with Crippen LogP contribution in [0.3, 0.4) is 0 Å². The van der Waals surface area contributed by atoms with Gasteiger partial charge in [0.15, 0.2) is 0 Å². The van der Waals surface area contributed by atoms with E-state index in [1.54, 1.807) is 23.1 Å². The van der Waals surface area contributed by atoms with Crippen LogP contribution in [0.5, 0.6) is 0 Å². The number of hydrogen-bond acceptors (Lipinski definition) is 9. The van der Waals surface area contributed by atoms with Gasteiger partial charge in [-0.25, -0.2) is 0 Å². The van der Waals surface area contributed by atoms with Gasteiger partial charge < -0.3 is 35.1 Å². The van der Waals surface area contributed by atoms with E-state index < -0.39 is 0 Å². The number of nitrogens with zero attached hydrogens (tertiary/aromatic N) is 1. The molecule has 13 nitrogen and oxygen atoms in total. The van der Waals surface area contributed by atoms with Crippen molar-refractivity contribution < 1.29 is 38.2 Å². The zero-order valence-electron chi connectivity index (χ0n) is 24.7. The molecule has 0 saturated carbocycles. The highest BCUT2D eigenvalue weighted by Crippen LogP contribution is 2.31. The summed E-state index contributed by atoms with van der Waals surface area (Å²) >= 11 is 0. The second kappa shape index (κ2) is 20.5. The molecule has 1 unspecified atom stereocenters. The van der Waals surface area contributed by atoms with Gasteiger partial charge in [0.25, 0.3) is 5.91 Å². The van der Waals surface area contributed by atoms with Crippen LogP contribution in [0.15, 0.2) is 18.2 Å². The molecule has 1 aromatic rings. The van der Waals surface area contributed by atoms with Crippen molar-refractivity contribution in [2.24, 2.45) is 0 Å². The summed E-state index contributed by atoms with van der Waals surface area (Å²) in [6, 6.07) is 5.10. The van der Waals surface area contributed by atoms with E-state index in [-0.39, 0.29) is 36.1 Å². The third-order valence-corrected chi connectivity index (χ3v) is 6.61. The Morgan fingerprint density at radius 2 is 1.62 bits per heavy atom. The number of carbonyl (C=O) groups excluding carboxylic acids is 5. The molecule has 1 aromatic carbocycles. The molecule has 0 bridgehead atoms. The predicted octanol–water partition coefficient (Wildman–Crippen LogP) is 0.968. The molecular formula is C29H45N5O8. The number of anilines is 1. The Labute approximate surface area is 247 Å². The predicted molar refractivity (Wildman–Crippen MR) is 156 cm³/mol. The van der Waals surface area contributed by atoms with Gasteiger partial charge in [0, 0.05) is 62.3 Å². The molecule has 234 valence electrons. The summed E-state index contributed by atoms with van der Waals surface area (Å²) in [7, 11) is 0. The van der Waals surface area contributed by atoms with Crippen molar-refractivity contribution >= 4 is 35.7 Å². The number of amides is 5. The number of imide groups is 1. The molecule has 5 amide bonds. The van der Waals surface area contributed by atoms with Crippen LogP contribution in [0.2, 0.25) is 0 Å². The zero-order chi connectivity index (χ0) is 30.6. The highest BCUT2D eigenvalue weighted by Gasteiger charge is 2.32. The average molecular weight is 592 g/mol. The van der Waals surface area contributed by atoms with Gasteiger partial charge in [0.05, 0.1) is 39.6 Å². The topological polar surface area (TPSA) is 164 Å². The molecule has 1 atom stereocenters. The van der Waals surface area contributed by atoms with Crippen LogP contribution in [0.1, 0.15) is 61.9 Å². The molecule has 13 heteroatoms. The standard InChI is InChI=1S/C29H45N5O8/c1-22(9-10-27(37)32-21-35)34-20-25-24(29(34)39)6-5-7-26(25)33-28(38)8-3-4-11-30-12-14-40-16-18-42-19-17-41-15-13-31-23(2)36/h5-7,21-22,30H,3-4,8-20H2,1-2H3,(H,31,36)(H,33,38)(H,32,35,37). The maximum Gasteiger partial charge on any atom is 0.254 e. The van der Waals surface area contributed by atoms with E-state index in [0.29, 0.717) is 89.8 Å². The monoisotopic (exact) mass is 591 g/mol. The lowest BCUT2D eigenvalue weighted by Crippen LogP contribution is -2.34. The number of ether oxygens (including phenoxy) is 3. The van der Waals surface area contributed by atoms with E-state index >= 15 is 0 Å². The third kappa shape index (κ3) is 13.5. The maximum atomic E-state index is 12.9. The third-order valence-electron chi connectivity index (χ3n) is 6.61. The quantitative estimate of drug-likeness (QED) is 0.107. The van der Waals surface area contributed by atoms with Crippen LogP contribution in [0.25, 0.3) is 0 Å². The maximum absolute atomic E-state index is 12.9. The summed E-state index contributed by atoms with van der Waals surface area (Å²) in [6.07, 6.45) is 2.85. The molecule has 0 spiro atoms. The normalized spacial score (nSPS) is 13.0. The zero-order valence-corrected chi connectivity index (χ0v) is 24.7. The summed E-state index contributed by atoms with van der Waals surface area (Å²) < 4.78 is 16.3. The van der Waals surface area contributed by atoms with Crippen LogP contribution >= 0.6 is 0 Å². The van der Waals surface area contributed by atoms with Crippen molar-refractivity contribution in [3.05, 3.63) is 29.3 Å². The molecule has 2 rings (SSSR count). The van der Waals surface area contributed by atoms with Gasteiger partial charge in [-0.3, -0.25) is 29.3 Å². The first kappa shape index (κ1) is 34.8. The van der Waals surface area contributed by atoms with E-state index in [9.17, 15) is 24.0 Å². The first-order chi connectivity index (χ1) is 20.3. The molecule has 1 aliphatic rings. The van der Waals surface area contributed by atoms with E-state index in [1.165, 1.54) is 6.92 Å². The minimum atomic E-state index is -0.380. The number of nitrogens with one attached hydrogen (secondary N) is 4. The van der Waals surface area contributed by atoms with Crippen molar-refractivity contribution in [3.63, 3.8) is 0 Å². The minimum absolute atomic E-state index is 0.0732. The molecule has 0 saturated heterocycles. The van der Waals surface area contributed by atoms with Gasteiger partial charge in [-0.05, 0) is 44.9 Å². The molecule has 1 aliphatic heterocycles. The lowest BCUT2D eigenvalue weighted by Gasteiger charge is -2.24. The Hall–Kier alpha value is -3.39. The molecular weight excluding hydrogens is 546 g/mol. The Morgan fingerprint density at radius 1 is 0.929 bits per heavy atom. The fourth-order valence-electron chi connectivity index (χ4n) is 4.32. The van der Waals surface area contributed by atoms with E-state index in [4.69, 9.17) is 14.2 Å². The lowest BCUT2D eigenvalue weighted by molar-refractivity contribution is -0.125. The van der Waals surface area contributed by atoms with Crippen molar-refractivity contribution in [3.8, 4) is 0 Å². The fourth-order valence-corrected chi connectivity index (χ4v) is 4.32. The molecule has 0 radical (unpaired) electrons. The van der Waals surface area contributed by atoms with Gasteiger partial charge in [-0.15, -0.1) is 0 Å². The Bertz CT molecular complexity index is 1020. The number of unbranched alkanes of at least 4 members (excludes halogenated alkanes) is 1. The van der Waals surface area contributed by atoms with Crippen molar-refractivity contribution in [2.45, 2.75) is 58.5 Å². The average Bonchev–Trinajstić information content (AvgIpc) is 3.30. The summed E-state index contributed by atoms with van der Waals surface area (Å²) in [5.74, 6) is -0.687. The van der Waals surface area contributed by atoms with Gasteiger partial charge in [-0.2, -0.15) is 0 Å². The number of hydrogen-bond donors (Lipinski definition) is 4. The Morgan fingerprint density at radius 3 is 2.31 bits per heavy atom.